The number of carbonyl (C=O) groups excluding carboxylic acids is 2. The molecule has 2 heterocycles. The minimum absolute atomic E-state index is 0.0133. The lowest BCUT2D eigenvalue weighted by Crippen LogP contribution is -2.46. The maximum Gasteiger partial charge on any atom is 0.244 e. The second-order valence-electron chi connectivity index (χ2n) is 12.8. The van der Waals surface area contributed by atoms with Crippen LogP contribution in [0.4, 0.5) is 0 Å². The van der Waals surface area contributed by atoms with Crippen molar-refractivity contribution < 1.29 is 19.1 Å². The molecule has 2 rings (SSSR count). The summed E-state index contributed by atoms with van der Waals surface area (Å²) >= 11 is 0. The number of amides is 2. The molecule has 6 atom stereocenters. The summed E-state index contributed by atoms with van der Waals surface area (Å²) < 4.78 is 12.1. The topological polar surface area (TPSA) is 76.7 Å². The van der Waals surface area contributed by atoms with Gasteiger partial charge in [0.05, 0.1) is 36.5 Å². The second-order valence-corrected chi connectivity index (χ2v) is 12.8. The third-order valence-corrected chi connectivity index (χ3v) is 7.03. The van der Waals surface area contributed by atoms with Crippen LogP contribution >= 0.6 is 0 Å². The predicted molar refractivity (Wildman–Crippen MR) is 176 cm³/mol. The molecule has 0 radical (unpaired) electrons. The summed E-state index contributed by atoms with van der Waals surface area (Å²) in [5.74, 6) is 0.634. The van der Waals surface area contributed by atoms with Crippen LogP contribution in [0, 0.1) is 11.8 Å². The van der Waals surface area contributed by atoms with Crippen molar-refractivity contribution in [2.24, 2.45) is 11.8 Å². The van der Waals surface area contributed by atoms with Gasteiger partial charge in [-0.25, -0.2) is 0 Å². The van der Waals surface area contributed by atoms with Crippen LogP contribution in [0.3, 0.4) is 0 Å². The molecule has 2 aliphatic heterocycles. The summed E-state index contributed by atoms with van der Waals surface area (Å²) in [5, 5.41) is 5.99. The van der Waals surface area contributed by atoms with Crippen molar-refractivity contribution in [3.05, 3.63) is 70.9 Å². The van der Waals surface area contributed by atoms with Gasteiger partial charge >= 0.3 is 0 Å². The molecule has 0 saturated carbocycles. The van der Waals surface area contributed by atoms with Gasteiger partial charge in [0.2, 0.25) is 11.8 Å². The number of rotatable bonds is 10. The van der Waals surface area contributed by atoms with Crippen LogP contribution < -0.4 is 10.6 Å². The molecular formula is C36H58N2O4. The quantitative estimate of drug-likeness (QED) is 0.206. The largest absolute Gasteiger partial charge is 0.368 e. The Bertz CT molecular complexity index is 968. The molecule has 0 aromatic rings. The van der Waals surface area contributed by atoms with Gasteiger partial charge in [0.15, 0.2) is 0 Å². The monoisotopic (exact) mass is 582 g/mol. The van der Waals surface area contributed by atoms with E-state index in [-0.39, 0.29) is 48.3 Å². The highest BCUT2D eigenvalue weighted by atomic mass is 16.5. The maximum absolute atomic E-state index is 11.9. The Labute approximate surface area is 256 Å². The zero-order valence-corrected chi connectivity index (χ0v) is 28.3. The van der Waals surface area contributed by atoms with Crippen LogP contribution in [0.25, 0.3) is 0 Å². The average Bonchev–Trinajstić information content (AvgIpc) is 2.88. The second kappa shape index (κ2) is 18.8. The summed E-state index contributed by atoms with van der Waals surface area (Å²) in [4.78, 5) is 23.7. The maximum atomic E-state index is 11.9. The van der Waals surface area contributed by atoms with Gasteiger partial charge in [-0.2, -0.15) is 0 Å². The highest BCUT2D eigenvalue weighted by molar-refractivity contribution is 5.88. The summed E-state index contributed by atoms with van der Waals surface area (Å²) in [6, 6.07) is -0.116. The van der Waals surface area contributed by atoms with E-state index >= 15 is 0 Å². The SMILES string of the molecule is CC(C)=CC[C@@H]1O[C@H](C)[C@H](NC(=O)/C=C\C(C)C)C=C1C.CC(C)=CC[C@@H]1O[C@H](C)[C@H](NC(=O)/C=C\C(C)C)C=C1C. The molecule has 0 bridgehead atoms. The van der Waals surface area contributed by atoms with Crippen molar-refractivity contribution in [2.75, 3.05) is 0 Å². The third kappa shape index (κ3) is 15.0. The number of hydrogen-bond donors (Lipinski definition) is 2. The van der Waals surface area contributed by atoms with Crippen molar-refractivity contribution in [1.29, 1.82) is 0 Å². The Hall–Kier alpha value is -2.70. The molecule has 2 aliphatic rings. The fourth-order valence-electron chi connectivity index (χ4n) is 4.43. The van der Waals surface area contributed by atoms with E-state index in [1.807, 2.05) is 53.7 Å². The van der Waals surface area contributed by atoms with E-state index in [0.717, 1.165) is 12.8 Å². The van der Waals surface area contributed by atoms with Crippen LogP contribution in [-0.2, 0) is 19.1 Å². The van der Waals surface area contributed by atoms with E-state index in [9.17, 15) is 9.59 Å². The summed E-state index contributed by atoms with van der Waals surface area (Å²) in [7, 11) is 0. The molecule has 0 saturated heterocycles. The average molecular weight is 583 g/mol. The first-order valence-electron chi connectivity index (χ1n) is 15.5. The van der Waals surface area contributed by atoms with E-state index in [2.05, 4.69) is 76.5 Å². The van der Waals surface area contributed by atoms with E-state index in [1.165, 1.54) is 22.3 Å². The predicted octanol–water partition coefficient (Wildman–Crippen LogP) is 7.55. The van der Waals surface area contributed by atoms with Crippen molar-refractivity contribution in [3.63, 3.8) is 0 Å². The fourth-order valence-corrected chi connectivity index (χ4v) is 4.43. The first-order valence-corrected chi connectivity index (χ1v) is 15.5. The Balaban J connectivity index is 0.000000420. The van der Waals surface area contributed by atoms with Crippen LogP contribution in [-0.4, -0.2) is 48.3 Å². The summed E-state index contributed by atoms with van der Waals surface area (Å²) in [6.07, 6.45) is 17.6. The first-order chi connectivity index (χ1) is 19.6. The van der Waals surface area contributed by atoms with Gasteiger partial charge in [0.1, 0.15) is 0 Å². The number of allylic oxidation sites excluding steroid dienone is 4. The number of hydrogen-bond acceptors (Lipinski definition) is 4. The van der Waals surface area contributed by atoms with E-state index in [0.29, 0.717) is 11.8 Å². The molecule has 2 amide bonds. The van der Waals surface area contributed by atoms with Crippen LogP contribution in [0.15, 0.2) is 70.9 Å². The van der Waals surface area contributed by atoms with Crippen LogP contribution in [0.2, 0.25) is 0 Å². The molecule has 0 aromatic carbocycles. The van der Waals surface area contributed by atoms with Gasteiger partial charge in [-0.15, -0.1) is 0 Å². The number of ether oxygens (including phenoxy) is 2. The summed E-state index contributed by atoms with van der Waals surface area (Å²) in [6.45, 7) is 24.7. The van der Waals surface area contributed by atoms with Gasteiger partial charge in [-0.3, -0.25) is 9.59 Å². The highest BCUT2D eigenvalue weighted by Crippen LogP contribution is 2.24. The Kier molecular flexibility index (Phi) is 16.7. The van der Waals surface area contributed by atoms with Crippen molar-refractivity contribution in [2.45, 2.75) is 132 Å². The molecule has 42 heavy (non-hydrogen) atoms. The zero-order chi connectivity index (χ0) is 32.0. The van der Waals surface area contributed by atoms with Gasteiger partial charge < -0.3 is 20.1 Å². The van der Waals surface area contributed by atoms with Crippen molar-refractivity contribution in [1.82, 2.24) is 10.6 Å². The molecule has 0 aliphatic carbocycles. The lowest BCUT2D eigenvalue weighted by molar-refractivity contribution is -0.119. The van der Waals surface area contributed by atoms with Gasteiger partial charge in [-0.1, -0.05) is 75.3 Å². The van der Waals surface area contributed by atoms with E-state index in [1.54, 1.807) is 12.2 Å². The van der Waals surface area contributed by atoms with Crippen LogP contribution in [0.1, 0.15) is 95.9 Å². The Morgan fingerprint density at radius 3 is 1.33 bits per heavy atom. The smallest absolute Gasteiger partial charge is 0.244 e. The number of nitrogens with one attached hydrogen (secondary N) is 2. The minimum atomic E-state index is -0.0593. The lowest BCUT2D eigenvalue weighted by Gasteiger charge is -2.33. The first kappa shape index (κ1) is 37.3. The van der Waals surface area contributed by atoms with E-state index < -0.39 is 0 Å². The van der Waals surface area contributed by atoms with Gasteiger partial charge in [0.25, 0.3) is 0 Å². The summed E-state index contributed by atoms with van der Waals surface area (Å²) in [5.41, 5.74) is 4.97. The van der Waals surface area contributed by atoms with Gasteiger partial charge in [-0.05, 0) is 103 Å². The normalized spacial score (nSPS) is 25.9. The molecule has 0 fully saturated rings. The molecule has 0 spiro atoms. The zero-order valence-electron chi connectivity index (χ0n) is 28.3. The molecule has 236 valence electrons. The van der Waals surface area contributed by atoms with Crippen molar-refractivity contribution in [3.8, 4) is 0 Å². The highest BCUT2D eigenvalue weighted by Gasteiger charge is 2.28. The van der Waals surface area contributed by atoms with Crippen molar-refractivity contribution >= 4 is 11.8 Å². The molecular weight excluding hydrogens is 524 g/mol. The van der Waals surface area contributed by atoms with Gasteiger partial charge in [0, 0.05) is 0 Å². The minimum Gasteiger partial charge on any atom is -0.368 e. The number of carbonyl (C=O) groups is 2. The molecule has 6 nitrogen and oxygen atoms in total. The fraction of sp³-hybridized carbons (Fsp3) is 0.611. The van der Waals surface area contributed by atoms with E-state index in [4.69, 9.17) is 9.47 Å². The molecule has 2 N–H and O–H groups in total. The molecule has 0 aromatic heterocycles. The Morgan fingerprint density at radius 2 is 1.05 bits per heavy atom. The molecule has 0 unspecified atom stereocenters. The van der Waals surface area contributed by atoms with Crippen LogP contribution in [0.5, 0.6) is 0 Å². The Morgan fingerprint density at radius 1 is 0.714 bits per heavy atom. The standard InChI is InChI=1S/2C18H29NO2/c2*1-12(2)7-9-17-14(5)11-16(15(6)21-17)19-18(20)10-8-13(3)4/h2*7-8,10-11,13,15-17H,9H2,1-6H3,(H,19,20)/b2*10-8-/t2*15-,16-,17+/m11/s1. The lowest BCUT2D eigenvalue weighted by atomic mass is 9.98. The third-order valence-electron chi connectivity index (χ3n) is 7.03. The molecule has 6 heteroatoms.